The summed E-state index contributed by atoms with van der Waals surface area (Å²) in [5, 5.41) is 20.1. The lowest BCUT2D eigenvalue weighted by atomic mass is 10.1. The number of carbonyl (C=O) groups excluding carboxylic acids is 1. The van der Waals surface area contributed by atoms with Crippen molar-refractivity contribution in [2.75, 3.05) is 11.1 Å². The number of benzene rings is 2. The summed E-state index contributed by atoms with van der Waals surface area (Å²) in [5.41, 5.74) is 14.1. The molecule has 6 aromatic rings. The molecule has 11 heteroatoms. The van der Waals surface area contributed by atoms with Gasteiger partial charge in [0.25, 0.3) is 5.91 Å². The summed E-state index contributed by atoms with van der Waals surface area (Å²) < 4.78 is 3.60. The second-order valence-electron chi connectivity index (χ2n) is 12.0. The van der Waals surface area contributed by atoms with Gasteiger partial charge in [0.1, 0.15) is 5.82 Å². The monoisotopic (exact) mass is 654 g/mol. The number of fused-ring (bicyclic) bond motifs is 2. The minimum atomic E-state index is -0.829. The predicted molar refractivity (Wildman–Crippen MR) is 187 cm³/mol. The molecule has 0 aliphatic heterocycles. The summed E-state index contributed by atoms with van der Waals surface area (Å²) in [6.45, 7) is 1.39. The highest BCUT2D eigenvalue weighted by atomic mass is 16.4. The van der Waals surface area contributed by atoms with Crippen LogP contribution in [-0.4, -0.2) is 46.5 Å². The Balaban J connectivity index is 0.000000140. The highest BCUT2D eigenvalue weighted by Gasteiger charge is 2.15. The van der Waals surface area contributed by atoms with E-state index in [0.717, 1.165) is 43.4 Å². The van der Waals surface area contributed by atoms with Gasteiger partial charge >= 0.3 is 5.97 Å². The Morgan fingerprint density at radius 2 is 1.16 bits per heavy atom. The summed E-state index contributed by atoms with van der Waals surface area (Å²) in [6.07, 6.45) is 17.4. The molecule has 0 bridgehead atoms. The lowest BCUT2D eigenvalue weighted by molar-refractivity contribution is 0.0696. The Bertz CT molecular complexity index is 2020. The third kappa shape index (κ3) is 9.04. The molecule has 0 spiro atoms. The van der Waals surface area contributed by atoms with Crippen LogP contribution in [0.25, 0.3) is 0 Å². The number of aromatic nitrogens is 6. The van der Waals surface area contributed by atoms with E-state index in [2.05, 4.69) is 31.5 Å². The number of anilines is 2. The number of amides is 1. The molecule has 2 aliphatic carbocycles. The fourth-order valence-electron chi connectivity index (χ4n) is 5.94. The number of carboxylic acids is 1. The van der Waals surface area contributed by atoms with Gasteiger partial charge < -0.3 is 16.2 Å². The number of hydrogen-bond acceptors (Lipinski definition) is 7. The Morgan fingerprint density at radius 3 is 1.71 bits per heavy atom. The zero-order valence-corrected chi connectivity index (χ0v) is 27.1. The Morgan fingerprint density at radius 1 is 0.653 bits per heavy atom. The fourth-order valence-corrected chi connectivity index (χ4v) is 5.94. The molecule has 0 fully saturated rings. The van der Waals surface area contributed by atoms with Gasteiger partial charge in [-0.1, -0.05) is 12.1 Å². The van der Waals surface area contributed by atoms with E-state index in [1.807, 2.05) is 60.9 Å². The second kappa shape index (κ2) is 15.7. The predicted octanol–water partition coefficient (Wildman–Crippen LogP) is 5.85. The first kappa shape index (κ1) is 32.8. The maximum atomic E-state index is 12.4. The van der Waals surface area contributed by atoms with E-state index in [4.69, 9.17) is 10.8 Å². The van der Waals surface area contributed by atoms with E-state index in [1.54, 1.807) is 52.4 Å². The van der Waals surface area contributed by atoms with Crippen molar-refractivity contribution >= 4 is 23.5 Å². The second-order valence-corrected chi connectivity index (χ2v) is 12.0. The summed E-state index contributed by atoms with van der Waals surface area (Å²) in [6, 6.07) is 22.8. The van der Waals surface area contributed by atoms with Crippen molar-refractivity contribution in [3.8, 4) is 0 Å². The molecule has 0 saturated carbocycles. The number of nitrogens with zero attached hydrogens (tertiary/aromatic N) is 6. The van der Waals surface area contributed by atoms with Crippen LogP contribution in [-0.2, 0) is 38.8 Å². The molecular weight excluding hydrogens is 616 g/mol. The van der Waals surface area contributed by atoms with Crippen LogP contribution >= 0.6 is 0 Å². The van der Waals surface area contributed by atoms with Crippen LogP contribution in [0.3, 0.4) is 0 Å². The Hall–Kier alpha value is -6.10. The van der Waals surface area contributed by atoms with Gasteiger partial charge in [-0.25, -0.2) is 4.79 Å². The van der Waals surface area contributed by atoms with Crippen LogP contribution in [0.15, 0.2) is 110 Å². The summed E-state index contributed by atoms with van der Waals surface area (Å²) >= 11 is 0. The van der Waals surface area contributed by atoms with Crippen molar-refractivity contribution in [1.82, 2.24) is 29.5 Å². The van der Waals surface area contributed by atoms with Gasteiger partial charge in [0.2, 0.25) is 0 Å². The first-order valence-corrected chi connectivity index (χ1v) is 16.3. The van der Waals surface area contributed by atoms with E-state index in [9.17, 15) is 9.59 Å². The zero-order chi connectivity index (χ0) is 34.0. The van der Waals surface area contributed by atoms with Gasteiger partial charge in [0, 0.05) is 48.8 Å². The molecular formula is C38H38N8O3. The van der Waals surface area contributed by atoms with E-state index in [0.29, 0.717) is 29.3 Å². The van der Waals surface area contributed by atoms with Crippen LogP contribution in [0.1, 0.15) is 66.9 Å². The topological polar surface area (TPSA) is 154 Å². The maximum absolute atomic E-state index is 12.4. The van der Waals surface area contributed by atoms with Crippen molar-refractivity contribution in [3.05, 3.63) is 154 Å². The van der Waals surface area contributed by atoms with E-state index >= 15 is 0 Å². The molecule has 0 radical (unpaired) electrons. The first-order chi connectivity index (χ1) is 23.9. The van der Waals surface area contributed by atoms with Crippen LogP contribution in [0, 0.1) is 0 Å². The Kier molecular flexibility index (Phi) is 10.5. The standard InChI is InChI=1S/C19H18N4O.C10H10O2.C9H10N4/c24-19(17-5-4-15-2-1-3-16(15)12-17)21-18-8-11-23(22-18)13-14-6-9-20-10-7-14;11-10(12)9-5-4-7-2-1-3-8(7)6-9;10-9-3-6-13(12-9)7-8-1-4-11-5-2-8/h4-12H,1-3,13H2,(H,21,22,24);4-6H,1-3H2,(H,11,12);1-6H,7H2,(H2,10,12). The van der Waals surface area contributed by atoms with E-state index < -0.39 is 5.97 Å². The van der Waals surface area contributed by atoms with E-state index in [-0.39, 0.29) is 5.91 Å². The number of nitrogen functional groups attached to an aromatic ring is 1. The van der Waals surface area contributed by atoms with Gasteiger partial charge in [-0.15, -0.1) is 0 Å². The van der Waals surface area contributed by atoms with Crippen LogP contribution in [0.4, 0.5) is 11.6 Å². The lowest BCUT2D eigenvalue weighted by Crippen LogP contribution is -2.13. The molecule has 248 valence electrons. The van der Waals surface area contributed by atoms with Crippen molar-refractivity contribution in [1.29, 1.82) is 0 Å². The van der Waals surface area contributed by atoms with E-state index in [1.165, 1.54) is 35.1 Å². The number of rotatable bonds is 7. The molecule has 11 nitrogen and oxygen atoms in total. The minimum absolute atomic E-state index is 0.112. The molecule has 0 saturated heterocycles. The maximum Gasteiger partial charge on any atom is 0.335 e. The first-order valence-electron chi connectivity index (χ1n) is 16.3. The third-order valence-corrected chi connectivity index (χ3v) is 8.44. The number of nitrogens with two attached hydrogens (primary N) is 1. The number of aromatic carboxylic acids is 1. The number of carbonyl (C=O) groups is 2. The zero-order valence-electron chi connectivity index (χ0n) is 27.1. The van der Waals surface area contributed by atoms with Crippen molar-refractivity contribution in [2.24, 2.45) is 0 Å². The fraction of sp³-hybridized carbons (Fsp3) is 0.211. The Labute approximate surface area is 284 Å². The normalized spacial score (nSPS) is 12.5. The number of pyridine rings is 2. The average Bonchev–Trinajstić information content (AvgIpc) is 3.94. The number of aryl methyl sites for hydroxylation is 4. The smallest absolute Gasteiger partial charge is 0.335 e. The minimum Gasteiger partial charge on any atom is -0.478 e. The van der Waals surface area contributed by atoms with Crippen LogP contribution in [0.2, 0.25) is 0 Å². The SMILES string of the molecule is Nc1ccn(Cc2ccncc2)n1.O=C(Nc1ccn(Cc2ccncc2)n1)c1ccc2c(c1)CCC2.O=C(O)c1ccc2c(c1)CCC2. The molecule has 0 atom stereocenters. The highest BCUT2D eigenvalue weighted by Crippen LogP contribution is 2.24. The summed E-state index contributed by atoms with van der Waals surface area (Å²) in [7, 11) is 0. The third-order valence-electron chi connectivity index (χ3n) is 8.44. The van der Waals surface area contributed by atoms with Gasteiger partial charge in [0.05, 0.1) is 18.7 Å². The van der Waals surface area contributed by atoms with Crippen molar-refractivity contribution in [2.45, 2.75) is 51.6 Å². The van der Waals surface area contributed by atoms with Gasteiger partial charge in [-0.3, -0.25) is 24.1 Å². The van der Waals surface area contributed by atoms with Crippen molar-refractivity contribution in [3.63, 3.8) is 0 Å². The van der Waals surface area contributed by atoms with Crippen LogP contribution in [0.5, 0.6) is 0 Å². The molecule has 4 N–H and O–H groups in total. The summed E-state index contributed by atoms with van der Waals surface area (Å²) in [5.74, 6) is 0.173. The van der Waals surface area contributed by atoms with Crippen molar-refractivity contribution < 1.29 is 14.7 Å². The molecule has 2 aliphatic rings. The quantitative estimate of drug-likeness (QED) is 0.194. The van der Waals surface area contributed by atoms with Crippen LogP contribution < -0.4 is 11.1 Å². The highest BCUT2D eigenvalue weighted by molar-refractivity contribution is 6.03. The molecule has 2 aromatic carbocycles. The molecule has 8 rings (SSSR count). The average molecular weight is 655 g/mol. The summed E-state index contributed by atoms with van der Waals surface area (Å²) in [4.78, 5) is 31.0. The number of carboxylic acid groups (broad SMARTS) is 1. The number of nitrogens with one attached hydrogen (secondary N) is 1. The molecule has 4 heterocycles. The lowest BCUT2D eigenvalue weighted by Gasteiger charge is -2.05. The largest absolute Gasteiger partial charge is 0.478 e. The van der Waals surface area contributed by atoms with Gasteiger partial charge in [0.15, 0.2) is 5.82 Å². The number of hydrogen-bond donors (Lipinski definition) is 3. The molecule has 1 amide bonds. The molecule has 49 heavy (non-hydrogen) atoms. The molecule has 4 aromatic heterocycles. The van der Waals surface area contributed by atoms with Gasteiger partial charge in [-0.05, 0) is 127 Å². The molecule has 0 unspecified atom stereocenters. The van der Waals surface area contributed by atoms with Gasteiger partial charge in [-0.2, -0.15) is 10.2 Å².